The number of likely N-dealkylation sites (N-methyl/N-ethyl adjacent to an activating group) is 1. The van der Waals surface area contributed by atoms with Crippen LogP contribution in [0.1, 0.15) is 30.4 Å². The Morgan fingerprint density at radius 2 is 1.62 bits per heavy atom. The lowest BCUT2D eigenvalue weighted by Crippen LogP contribution is -2.46. The summed E-state index contributed by atoms with van der Waals surface area (Å²) >= 11 is 12.2. The minimum absolute atomic E-state index is 0.0457. The first-order valence-corrected chi connectivity index (χ1v) is 14.5. The zero-order valence-corrected chi connectivity index (χ0v) is 23.8. The Morgan fingerprint density at radius 3 is 2.31 bits per heavy atom. The molecule has 0 fully saturated rings. The van der Waals surface area contributed by atoms with Crippen molar-refractivity contribution in [1.82, 2.24) is 9.62 Å². The van der Waals surface area contributed by atoms with Gasteiger partial charge in [-0.15, -0.1) is 0 Å². The molecule has 1 atom stereocenters. The molecule has 2 amide bonds. The molecular formula is C28H28Cl2N4O4S. The molecule has 1 aliphatic heterocycles. The number of fused-ring (bicyclic) bond motifs is 1. The maximum absolute atomic E-state index is 13.2. The molecule has 39 heavy (non-hydrogen) atoms. The molecule has 0 radical (unpaired) electrons. The lowest BCUT2D eigenvalue weighted by molar-refractivity contribution is -0.127. The first kappa shape index (κ1) is 28.8. The van der Waals surface area contributed by atoms with Gasteiger partial charge in [-0.3, -0.25) is 9.59 Å². The Hall–Kier alpha value is -3.24. The molecule has 1 N–H and O–H groups in total. The lowest BCUT2D eigenvalue weighted by atomic mass is 10.0. The molecule has 3 aromatic rings. The molecule has 3 aromatic carbocycles. The Morgan fingerprint density at radius 1 is 0.974 bits per heavy atom. The van der Waals surface area contributed by atoms with Gasteiger partial charge in [0.1, 0.15) is 4.90 Å². The second-order valence-electron chi connectivity index (χ2n) is 9.06. The lowest BCUT2D eigenvalue weighted by Gasteiger charge is -2.21. The highest BCUT2D eigenvalue weighted by molar-refractivity contribution is 7.89. The maximum atomic E-state index is 13.2. The van der Waals surface area contributed by atoms with Gasteiger partial charge in [-0.1, -0.05) is 77.8 Å². The molecule has 1 heterocycles. The minimum atomic E-state index is -3.90. The predicted octanol–water partition coefficient (Wildman–Crippen LogP) is 4.74. The average molecular weight is 588 g/mol. The van der Waals surface area contributed by atoms with Crippen LogP contribution in [-0.4, -0.2) is 57.1 Å². The van der Waals surface area contributed by atoms with Crippen LogP contribution in [0.4, 0.5) is 5.69 Å². The summed E-state index contributed by atoms with van der Waals surface area (Å²) in [6.07, 6.45) is -0.199. The number of aliphatic imine (C=N–C) groups is 1. The molecule has 0 saturated heterocycles. The molecule has 0 spiro atoms. The van der Waals surface area contributed by atoms with Gasteiger partial charge >= 0.3 is 0 Å². The zero-order valence-electron chi connectivity index (χ0n) is 21.5. The van der Waals surface area contributed by atoms with Crippen molar-refractivity contribution in [2.24, 2.45) is 4.99 Å². The Balaban J connectivity index is 1.41. The number of hydrogen-bond donors (Lipinski definition) is 1. The monoisotopic (exact) mass is 586 g/mol. The van der Waals surface area contributed by atoms with Crippen LogP contribution in [0.15, 0.2) is 82.7 Å². The van der Waals surface area contributed by atoms with Crippen LogP contribution in [0.3, 0.4) is 0 Å². The molecule has 0 aromatic heterocycles. The molecular weight excluding hydrogens is 559 g/mol. The van der Waals surface area contributed by atoms with Crippen molar-refractivity contribution >= 4 is 56.4 Å². The zero-order chi connectivity index (χ0) is 28.2. The van der Waals surface area contributed by atoms with Gasteiger partial charge in [0.2, 0.25) is 22.1 Å². The Bertz CT molecular complexity index is 1490. The topological polar surface area (TPSA) is 99.1 Å². The number of benzene rings is 3. The smallest absolute Gasteiger partial charge is 0.272 e. The van der Waals surface area contributed by atoms with Gasteiger partial charge in [-0.05, 0) is 31.0 Å². The van der Waals surface area contributed by atoms with Gasteiger partial charge in [0.05, 0.1) is 21.4 Å². The fraction of sp³-hybridized carbons (Fsp3) is 0.250. The number of carbonyl (C=O) groups is 2. The highest BCUT2D eigenvalue weighted by Crippen LogP contribution is 2.31. The number of benzodiazepines with no additional fused rings is 1. The first-order valence-electron chi connectivity index (χ1n) is 12.3. The van der Waals surface area contributed by atoms with Crippen molar-refractivity contribution in [3.63, 3.8) is 0 Å². The van der Waals surface area contributed by atoms with Crippen molar-refractivity contribution in [3.05, 3.63) is 94.0 Å². The molecule has 1 unspecified atom stereocenters. The summed E-state index contributed by atoms with van der Waals surface area (Å²) in [5.41, 5.74) is 2.93. The summed E-state index contributed by atoms with van der Waals surface area (Å²) in [6.45, 7) is 0.161. The van der Waals surface area contributed by atoms with E-state index in [1.165, 1.54) is 24.1 Å². The number of hydrogen-bond acceptors (Lipinski definition) is 5. The van der Waals surface area contributed by atoms with Crippen molar-refractivity contribution in [2.75, 3.05) is 25.5 Å². The number of rotatable bonds is 9. The van der Waals surface area contributed by atoms with Gasteiger partial charge in [0.25, 0.3) is 5.91 Å². The quantitative estimate of drug-likeness (QED) is 0.366. The number of nitrogens with zero attached hydrogens (tertiary/aromatic N) is 3. The maximum Gasteiger partial charge on any atom is 0.272 e. The number of nitrogens with one attached hydrogen (secondary N) is 1. The summed E-state index contributed by atoms with van der Waals surface area (Å²) in [4.78, 5) is 32.1. The highest BCUT2D eigenvalue weighted by Gasteiger charge is 2.31. The van der Waals surface area contributed by atoms with Crippen molar-refractivity contribution in [1.29, 1.82) is 0 Å². The third-order valence-corrected chi connectivity index (χ3v) is 9.22. The minimum Gasteiger partial charge on any atom is -0.327 e. The first-order chi connectivity index (χ1) is 18.6. The summed E-state index contributed by atoms with van der Waals surface area (Å²) < 4.78 is 27.0. The van der Waals surface area contributed by atoms with E-state index in [9.17, 15) is 18.0 Å². The van der Waals surface area contributed by atoms with E-state index in [1.807, 2.05) is 54.6 Å². The van der Waals surface area contributed by atoms with E-state index in [-0.39, 0.29) is 39.7 Å². The van der Waals surface area contributed by atoms with Crippen molar-refractivity contribution in [3.8, 4) is 0 Å². The second-order valence-corrected chi connectivity index (χ2v) is 11.9. The van der Waals surface area contributed by atoms with Gasteiger partial charge in [0.15, 0.2) is 0 Å². The standard InChI is InChI=1S/C28H28Cl2N4O4S/c1-33(39(37,38)26-21(29)14-10-15-22(26)30)18-9-8-17-24(35)31-27-28(36)34(2)23-16-7-6-13-20(23)25(32-27)19-11-4-3-5-12-19/h3-7,10-16,27H,8-9,17-18H2,1-2H3,(H,31,35). The number of unbranched alkanes of at least 4 members (excludes halogenated alkanes) is 1. The van der Waals surface area contributed by atoms with Gasteiger partial charge in [-0.2, -0.15) is 0 Å². The number of para-hydroxylation sites is 1. The van der Waals surface area contributed by atoms with Gasteiger partial charge < -0.3 is 10.2 Å². The average Bonchev–Trinajstić information content (AvgIpc) is 3.02. The van der Waals surface area contributed by atoms with Crippen LogP contribution in [0.2, 0.25) is 10.0 Å². The molecule has 0 saturated carbocycles. The van der Waals surface area contributed by atoms with Crippen LogP contribution >= 0.6 is 23.2 Å². The summed E-state index contributed by atoms with van der Waals surface area (Å²) in [7, 11) is -0.804. The van der Waals surface area contributed by atoms with Crippen molar-refractivity contribution in [2.45, 2.75) is 30.3 Å². The summed E-state index contributed by atoms with van der Waals surface area (Å²) in [5, 5.41) is 2.84. The highest BCUT2D eigenvalue weighted by atomic mass is 35.5. The number of halogens is 2. The molecule has 0 aliphatic carbocycles. The van der Waals surface area contributed by atoms with Gasteiger partial charge in [0, 0.05) is 38.2 Å². The van der Waals surface area contributed by atoms with E-state index < -0.39 is 16.2 Å². The van der Waals surface area contributed by atoms with E-state index in [2.05, 4.69) is 10.3 Å². The number of amides is 2. The Labute approximate surface area is 238 Å². The van der Waals surface area contributed by atoms with E-state index in [0.29, 0.717) is 24.2 Å². The number of anilines is 1. The number of carbonyl (C=O) groups excluding carboxylic acids is 2. The second kappa shape index (κ2) is 12.3. The largest absolute Gasteiger partial charge is 0.327 e. The van der Waals surface area contributed by atoms with Crippen LogP contribution in [0.5, 0.6) is 0 Å². The van der Waals surface area contributed by atoms with Gasteiger partial charge in [-0.25, -0.2) is 17.7 Å². The van der Waals surface area contributed by atoms with Crippen LogP contribution in [0.25, 0.3) is 0 Å². The van der Waals surface area contributed by atoms with E-state index in [1.54, 1.807) is 13.1 Å². The third kappa shape index (κ3) is 6.33. The third-order valence-electron chi connectivity index (χ3n) is 6.40. The van der Waals surface area contributed by atoms with Crippen molar-refractivity contribution < 1.29 is 18.0 Å². The summed E-state index contributed by atoms with van der Waals surface area (Å²) in [5.74, 6) is -0.715. The van der Waals surface area contributed by atoms with Crippen LogP contribution < -0.4 is 10.2 Å². The molecule has 0 bridgehead atoms. The summed E-state index contributed by atoms with van der Waals surface area (Å²) in [6, 6.07) is 21.5. The van der Waals surface area contributed by atoms with E-state index in [0.717, 1.165) is 15.4 Å². The predicted molar refractivity (Wildman–Crippen MR) is 154 cm³/mol. The normalized spacial score (nSPS) is 15.5. The SMILES string of the molecule is CN1C(=O)C(NC(=O)CCCCN(C)S(=O)(=O)c2c(Cl)cccc2Cl)N=C(c2ccccc2)c2ccccc21. The molecule has 8 nitrogen and oxygen atoms in total. The number of sulfonamides is 1. The van der Waals surface area contributed by atoms with Crippen LogP contribution in [0, 0.1) is 0 Å². The fourth-order valence-corrected chi connectivity index (χ4v) is 6.58. The molecule has 1 aliphatic rings. The molecule has 4 rings (SSSR count). The Kier molecular flexibility index (Phi) is 9.07. The molecule has 11 heteroatoms. The van der Waals surface area contributed by atoms with E-state index >= 15 is 0 Å². The van der Waals surface area contributed by atoms with Crippen LogP contribution in [-0.2, 0) is 19.6 Å². The molecule has 204 valence electrons. The van der Waals surface area contributed by atoms with E-state index in [4.69, 9.17) is 23.2 Å². The fourth-order valence-electron chi connectivity index (χ4n) is 4.29.